The van der Waals surface area contributed by atoms with E-state index in [0.29, 0.717) is 22.1 Å². The lowest BCUT2D eigenvalue weighted by Gasteiger charge is -2.08. The van der Waals surface area contributed by atoms with Crippen LogP contribution in [0.2, 0.25) is 5.02 Å². The number of rotatable bonds is 5. The van der Waals surface area contributed by atoms with Crippen LogP contribution in [0.15, 0.2) is 60.3 Å². The van der Waals surface area contributed by atoms with Crippen molar-refractivity contribution in [1.29, 1.82) is 5.26 Å². The second kappa shape index (κ2) is 8.52. The number of anilines is 3. The van der Waals surface area contributed by atoms with Gasteiger partial charge < -0.3 is 16.0 Å². The summed E-state index contributed by atoms with van der Waals surface area (Å²) in [6.45, 7) is 1.41. The van der Waals surface area contributed by atoms with Crippen molar-refractivity contribution >= 4 is 40.5 Å². The van der Waals surface area contributed by atoms with Crippen LogP contribution in [-0.2, 0) is 9.59 Å². The third-order valence-corrected chi connectivity index (χ3v) is 3.38. The molecule has 0 aliphatic heterocycles. The van der Waals surface area contributed by atoms with Crippen molar-refractivity contribution < 1.29 is 9.59 Å². The summed E-state index contributed by atoms with van der Waals surface area (Å²) in [5.41, 5.74) is 1.52. The van der Waals surface area contributed by atoms with Gasteiger partial charge in [-0.3, -0.25) is 9.59 Å². The van der Waals surface area contributed by atoms with E-state index in [4.69, 9.17) is 11.6 Å². The third-order valence-electron chi connectivity index (χ3n) is 3.05. The van der Waals surface area contributed by atoms with Gasteiger partial charge in [-0.1, -0.05) is 29.8 Å². The lowest BCUT2D eigenvalue weighted by molar-refractivity contribution is -0.114. The van der Waals surface area contributed by atoms with Crippen molar-refractivity contribution in [3.63, 3.8) is 0 Å². The van der Waals surface area contributed by atoms with Gasteiger partial charge in [-0.15, -0.1) is 0 Å². The largest absolute Gasteiger partial charge is 0.360 e. The molecular formula is C18H15ClN4O2. The van der Waals surface area contributed by atoms with Crippen LogP contribution in [0.4, 0.5) is 17.1 Å². The molecule has 126 valence electrons. The fraction of sp³-hybridized carbons (Fsp3) is 0.0556. The number of benzene rings is 2. The molecule has 0 saturated heterocycles. The van der Waals surface area contributed by atoms with Crippen LogP contribution in [0.1, 0.15) is 6.92 Å². The van der Waals surface area contributed by atoms with E-state index in [-0.39, 0.29) is 11.5 Å². The van der Waals surface area contributed by atoms with Gasteiger partial charge in [-0.25, -0.2) is 0 Å². The summed E-state index contributed by atoms with van der Waals surface area (Å²) in [5, 5.41) is 17.7. The van der Waals surface area contributed by atoms with Gasteiger partial charge in [0.25, 0.3) is 5.91 Å². The van der Waals surface area contributed by atoms with Crippen molar-refractivity contribution in [3.8, 4) is 6.07 Å². The molecule has 3 N–H and O–H groups in total. The Bertz CT molecular complexity index is 871. The first-order valence-corrected chi connectivity index (χ1v) is 7.67. The molecule has 2 aromatic carbocycles. The predicted molar refractivity (Wildman–Crippen MR) is 98.1 cm³/mol. The number of carbonyl (C=O) groups excluding carboxylic acids is 2. The maximum Gasteiger partial charge on any atom is 0.267 e. The number of para-hydroxylation sites is 1. The summed E-state index contributed by atoms with van der Waals surface area (Å²) in [4.78, 5) is 23.2. The average Bonchev–Trinajstić information content (AvgIpc) is 2.57. The van der Waals surface area contributed by atoms with Crippen molar-refractivity contribution in [3.05, 3.63) is 65.3 Å². The molecule has 0 unspecified atom stereocenters. The molecular weight excluding hydrogens is 340 g/mol. The minimum Gasteiger partial charge on any atom is -0.360 e. The second-order valence-electron chi connectivity index (χ2n) is 5.01. The fourth-order valence-corrected chi connectivity index (χ4v) is 2.13. The Kier molecular flexibility index (Phi) is 6.15. The standard InChI is InChI=1S/C18H15ClN4O2/c1-12(24)22-15-6-4-5-14(9-15)21-11-13(10-20)18(25)23-17-8-3-2-7-16(17)19/h2-9,11,21H,1H3,(H,22,24)(H,23,25)/b13-11-. The van der Waals surface area contributed by atoms with Crippen molar-refractivity contribution in [2.24, 2.45) is 0 Å². The summed E-state index contributed by atoms with van der Waals surface area (Å²) in [6.07, 6.45) is 1.29. The zero-order chi connectivity index (χ0) is 18.2. The molecule has 2 aromatic rings. The number of nitrogens with one attached hydrogen (secondary N) is 3. The molecule has 0 radical (unpaired) electrons. The molecule has 0 aromatic heterocycles. The summed E-state index contributed by atoms with van der Waals surface area (Å²) >= 11 is 5.98. The number of nitrogens with zero attached hydrogens (tertiary/aromatic N) is 1. The number of carbonyl (C=O) groups is 2. The van der Waals surface area contributed by atoms with Crippen LogP contribution in [-0.4, -0.2) is 11.8 Å². The van der Waals surface area contributed by atoms with E-state index in [1.807, 2.05) is 6.07 Å². The zero-order valence-electron chi connectivity index (χ0n) is 13.3. The number of halogens is 1. The summed E-state index contributed by atoms with van der Waals surface area (Å²) in [6, 6.07) is 15.5. The van der Waals surface area contributed by atoms with Gasteiger partial charge in [0.2, 0.25) is 5.91 Å². The molecule has 0 spiro atoms. The Labute approximate surface area is 150 Å². The summed E-state index contributed by atoms with van der Waals surface area (Å²) in [7, 11) is 0. The zero-order valence-corrected chi connectivity index (χ0v) is 14.1. The Morgan fingerprint density at radius 1 is 1.08 bits per heavy atom. The Morgan fingerprint density at radius 2 is 1.80 bits per heavy atom. The smallest absolute Gasteiger partial charge is 0.267 e. The SMILES string of the molecule is CC(=O)Nc1cccc(N/C=C(/C#N)C(=O)Nc2ccccc2Cl)c1. The third kappa shape index (κ3) is 5.37. The molecule has 0 heterocycles. The molecule has 0 bridgehead atoms. The summed E-state index contributed by atoms with van der Waals surface area (Å²) in [5.74, 6) is -0.773. The van der Waals surface area contributed by atoms with Gasteiger partial charge >= 0.3 is 0 Å². The van der Waals surface area contributed by atoms with Gasteiger partial charge in [0.15, 0.2) is 0 Å². The average molecular weight is 355 g/mol. The normalized spacial score (nSPS) is 10.5. The van der Waals surface area contributed by atoms with Gasteiger partial charge in [0.05, 0.1) is 10.7 Å². The topological polar surface area (TPSA) is 94.0 Å². The maximum absolute atomic E-state index is 12.2. The van der Waals surface area contributed by atoms with E-state index in [1.165, 1.54) is 13.1 Å². The molecule has 2 amide bonds. The molecule has 7 heteroatoms. The van der Waals surface area contributed by atoms with Crippen LogP contribution < -0.4 is 16.0 Å². The second-order valence-corrected chi connectivity index (χ2v) is 5.42. The number of amides is 2. The minimum atomic E-state index is -0.582. The van der Waals surface area contributed by atoms with Crippen LogP contribution in [0, 0.1) is 11.3 Å². The van der Waals surface area contributed by atoms with E-state index in [1.54, 1.807) is 48.5 Å². The van der Waals surface area contributed by atoms with Crippen LogP contribution in [0.3, 0.4) is 0 Å². The highest BCUT2D eigenvalue weighted by molar-refractivity contribution is 6.34. The van der Waals surface area contributed by atoms with E-state index in [0.717, 1.165) is 0 Å². The summed E-state index contributed by atoms with van der Waals surface area (Å²) < 4.78 is 0. The van der Waals surface area contributed by atoms with Gasteiger partial charge in [-0.2, -0.15) is 5.26 Å². The quantitative estimate of drug-likeness (QED) is 0.563. The van der Waals surface area contributed by atoms with Gasteiger partial charge in [0, 0.05) is 24.5 Å². The Morgan fingerprint density at radius 3 is 2.48 bits per heavy atom. The van der Waals surface area contributed by atoms with E-state index in [9.17, 15) is 14.9 Å². The molecule has 6 nitrogen and oxygen atoms in total. The first-order valence-electron chi connectivity index (χ1n) is 7.30. The van der Waals surface area contributed by atoms with Crippen LogP contribution in [0.25, 0.3) is 0 Å². The highest BCUT2D eigenvalue weighted by atomic mass is 35.5. The van der Waals surface area contributed by atoms with Gasteiger partial charge in [0.1, 0.15) is 11.6 Å². The molecule has 0 aliphatic rings. The van der Waals surface area contributed by atoms with Crippen molar-refractivity contribution in [2.45, 2.75) is 6.92 Å². The van der Waals surface area contributed by atoms with Crippen molar-refractivity contribution in [1.82, 2.24) is 0 Å². The molecule has 0 fully saturated rings. The fourth-order valence-electron chi connectivity index (χ4n) is 1.95. The molecule has 0 atom stereocenters. The molecule has 0 aliphatic carbocycles. The lowest BCUT2D eigenvalue weighted by Crippen LogP contribution is -2.14. The predicted octanol–water partition coefficient (Wildman–Crippen LogP) is 3.76. The van der Waals surface area contributed by atoms with E-state index in [2.05, 4.69) is 16.0 Å². The Hall–Kier alpha value is -3.30. The van der Waals surface area contributed by atoms with Gasteiger partial charge in [-0.05, 0) is 30.3 Å². The molecule has 25 heavy (non-hydrogen) atoms. The van der Waals surface area contributed by atoms with Crippen molar-refractivity contribution in [2.75, 3.05) is 16.0 Å². The van der Waals surface area contributed by atoms with E-state index >= 15 is 0 Å². The Balaban J connectivity index is 2.10. The number of nitriles is 1. The molecule has 0 saturated carbocycles. The minimum absolute atomic E-state index is 0.121. The highest BCUT2D eigenvalue weighted by Gasteiger charge is 2.11. The maximum atomic E-state index is 12.2. The molecule has 2 rings (SSSR count). The lowest BCUT2D eigenvalue weighted by atomic mass is 10.2. The highest BCUT2D eigenvalue weighted by Crippen LogP contribution is 2.21. The van der Waals surface area contributed by atoms with E-state index < -0.39 is 5.91 Å². The van der Waals surface area contributed by atoms with Crippen LogP contribution in [0.5, 0.6) is 0 Å². The monoisotopic (exact) mass is 354 g/mol. The first kappa shape index (κ1) is 18.0. The van der Waals surface area contributed by atoms with Crippen LogP contribution >= 0.6 is 11.6 Å². The number of hydrogen-bond acceptors (Lipinski definition) is 4. The number of hydrogen-bond donors (Lipinski definition) is 3. The first-order chi connectivity index (χ1) is 12.0.